The fraction of sp³-hybridized carbons (Fsp3) is 0.438. The molecule has 2 heterocycles. The molecule has 1 saturated heterocycles. The topological polar surface area (TPSA) is 66.9 Å². The lowest BCUT2D eigenvalue weighted by atomic mass is 9.81. The van der Waals surface area contributed by atoms with Crippen molar-refractivity contribution in [2.75, 3.05) is 19.6 Å². The number of amides is 1. The molecule has 1 aliphatic heterocycles. The zero-order chi connectivity index (χ0) is 14.7. The van der Waals surface area contributed by atoms with E-state index in [1.54, 1.807) is 6.20 Å². The van der Waals surface area contributed by atoms with Gasteiger partial charge >= 0.3 is 0 Å². The lowest BCUT2D eigenvalue weighted by Crippen LogP contribution is -2.43. The third-order valence-electron chi connectivity index (χ3n) is 4.17. The number of carbonyl (C=O) groups excluding carboxylic acids is 1. The van der Waals surface area contributed by atoms with Gasteiger partial charge in [0.2, 0.25) is 0 Å². The molecular formula is C16H20N4O. The molecule has 1 aromatic heterocycles. The number of rotatable bonds is 3. The molecule has 3 rings (SSSR count). The monoisotopic (exact) mass is 284 g/mol. The molecule has 2 N–H and O–H groups in total. The van der Waals surface area contributed by atoms with Gasteiger partial charge in [0, 0.05) is 6.54 Å². The Morgan fingerprint density at radius 2 is 2.00 bits per heavy atom. The van der Waals surface area contributed by atoms with Crippen LogP contribution in [0.25, 0.3) is 11.0 Å². The van der Waals surface area contributed by atoms with Gasteiger partial charge < -0.3 is 10.6 Å². The van der Waals surface area contributed by atoms with E-state index in [-0.39, 0.29) is 11.3 Å². The van der Waals surface area contributed by atoms with Crippen LogP contribution in [0.3, 0.4) is 0 Å². The number of hydrogen-bond acceptors (Lipinski definition) is 4. The Morgan fingerprint density at radius 1 is 1.29 bits per heavy atom. The maximum Gasteiger partial charge on any atom is 0.271 e. The number of carbonyl (C=O) groups is 1. The van der Waals surface area contributed by atoms with Crippen LogP contribution in [-0.2, 0) is 0 Å². The Bertz CT molecular complexity index is 650. The van der Waals surface area contributed by atoms with Gasteiger partial charge in [0.05, 0.1) is 17.2 Å². The van der Waals surface area contributed by atoms with Crippen LogP contribution < -0.4 is 10.6 Å². The fourth-order valence-electron chi connectivity index (χ4n) is 2.66. The molecule has 1 amide bonds. The largest absolute Gasteiger partial charge is 0.350 e. The summed E-state index contributed by atoms with van der Waals surface area (Å²) in [6.45, 7) is 4.94. The van der Waals surface area contributed by atoms with E-state index < -0.39 is 0 Å². The number of para-hydroxylation sites is 2. The van der Waals surface area contributed by atoms with Gasteiger partial charge in [-0.1, -0.05) is 19.1 Å². The Kier molecular flexibility index (Phi) is 3.84. The van der Waals surface area contributed by atoms with Crippen molar-refractivity contribution in [1.82, 2.24) is 20.6 Å². The number of fused-ring (bicyclic) bond motifs is 1. The zero-order valence-corrected chi connectivity index (χ0v) is 12.2. The van der Waals surface area contributed by atoms with Crippen molar-refractivity contribution >= 4 is 16.9 Å². The highest BCUT2D eigenvalue weighted by molar-refractivity contribution is 5.93. The minimum absolute atomic E-state index is 0.145. The zero-order valence-electron chi connectivity index (χ0n) is 12.2. The molecule has 110 valence electrons. The van der Waals surface area contributed by atoms with Crippen LogP contribution in [0.4, 0.5) is 0 Å². The van der Waals surface area contributed by atoms with Gasteiger partial charge in [0.25, 0.3) is 5.91 Å². The normalized spacial score (nSPS) is 17.6. The first-order chi connectivity index (χ1) is 10.2. The fourth-order valence-corrected chi connectivity index (χ4v) is 2.66. The summed E-state index contributed by atoms with van der Waals surface area (Å²) in [5.74, 6) is -0.145. The molecule has 5 nitrogen and oxygen atoms in total. The highest BCUT2D eigenvalue weighted by Gasteiger charge is 2.27. The van der Waals surface area contributed by atoms with Crippen LogP contribution in [0.2, 0.25) is 0 Å². The maximum absolute atomic E-state index is 12.2. The predicted octanol–water partition coefficient (Wildman–Crippen LogP) is 1.75. The summed E-state index contributed by atoms with van der Waals surface area (Å²) in [4.78, 5) is 20.9. The van der Waals surface area contributed by atoms with E-state index in [0.29, 0.717) is 12.2 Å². The van der Waals surface area contributed by atoms with Gasteiger partial charge in [-0.15, -0.1) is 0 Å². The second-order valence-electron chi connectivity index (χ2n) is 5.99. The molecule has 1 aromatic carbocycles. The van der Waals surface area contributed by atoms with E-state index in [0.717, 1.165) is 37.0 Å². The summed E-state index contributed by atoms with van der Waals surface area (Å²) in [6, 6.07) is 7.57. The van der Waals surface area contributed by atoms with Crippen molar-refractivity contribution in [3.8, 4) is 0 Å². The smallest absolute Gasteiger partial charge is 0.271 e. The molecule has 0 spiro atoms. The Balaban J connectivity index is 1.69. The predicted molar refractivity (Wildman–Crippen MR) is 82.1 cm³/mol. The highest BCUT2D eigenvalue weighted by Crippen LogP contribution is 2.26. The second kappa shape index (κ2) is 5.77. The summed E-state index contributed by atoms with van der Waals surface area (Å²) in [6.07, 6.45) is 3.70. The molecule has 1 fully saturated rings. The van der Waals surface area contributed by atoms with Crippen LogP contribution in [-0.4, -0.2) is 35.5 Å². The number of aromatic nitrogens is 2. The van der Waals surface area contributed by atoms with E-state index in [4.69, 9.17) is 0 Å². The number of nitrogens with zero attached hydrogens (tertiary/aromatic N) is 2. The molecule has 21 heavy (non-hydrogen) atoms. The van der Waals surface area contributed by atoms with E-state index in [2.05, 4.69) is 27.5 Å². The molecule has 0 unspecified atom stereocenters. The van der Waals surface area contributed by atoms with Crippen LogP contribution in [0.1, 0.15) is 30.3 Å². The SMILES string of the molecule is CC1(CNC(=O)c2cnc3ccccc3n2)CCNCC1. The van der Waals surface area contributed by atoms with E-state index in [1.165, 1.54) is 0 Å². The third-order valence-corrected chi connectivity index (χ3v) is 4.17. The molecule has 1 aliphatic rings. The Hall–Kier alpha value is -2.01. The first-order valence-corrected chi connectivity index (χ1v) is 7.37. The van der Waals surface area contributed by atoms with Crippen molar-refractivity contribution < 1.29 is 4.79 Å². The van der Waals surface area contributed by atoms with Gasteiger partial charge in [-0.05, 0) is 43.5 Å². The Morgan fingerprint density at radius 3 is 2.76 bits per heavy atom. The molecule has 0 aliphatic carbocycles. The molecular weight excluding hydrogens is 264 g/mol. The van der Waals surface area contributed by atoms with Gasteiger partial charge in [0.1, 0.15) is 5.69 Å². The lowest BCUT2D eigenvalue weighted by Gasteiger charge is -2.34. The molecule has 2 aromatic rings. The van der Waals surface area contributed by atoms with Crippen LogP contribution in [0.15, 0.2) is 30.5 Å². The van der Waals surface area contributed by atoms with Crippen molar-refractivity contribution in [1.29, 1.82) is 0 Å². The van der Waals surface area contributed by atoms with E-state index >= 15 is 0 Å². The summed E-state index contributed by atoms with van der Waals surface area (Å²) >= 11 is 0. The average Bonchev–Trinajstić information content (AvgIpc) is 2.53. The van der Waals surface area contributed by atoms with Crippen molar-refractivity contribution in [2.24, 2.45) is 5.41 Å². The quantitative estimate of drug-likeness (QED) is 0.901. The molecule has 0 radical (unpaired) electrons. The first kappa shape index (κ1) is 13.9. The van der Waals surface area contributed by atoms with Gasteiger partial charge in [-0.2, -0.15) is 0 Å². The van der Waals surface area contributed by atoms with Crippen LogP contribution in [0.5, 0.6) is 0 Å². The van der Waals surface area contributed by atoms with Crippen molar-refractivity contribution in [3.63, 3.8) is 0 Å². The molecule has 0 atom stereocenters. The number of benzene rings is 1. The number of hydrogen-bond donors (Lipinski definition) is 2. The van der Waals surface area contributed by atoms with Gasteiger partial charge in [-0.25, -0.2) is 4.98 Å². The average molecular weight is 284 g/mol. The van der Waals surface area contributed by atoms with Crippen molar-refractivity contribution in [2.45, 2.75) is 19.8 Å². The molecule has 0 saturated carbocycles. The van der Waals surface area contributed by atoms with Crippen LogP contribution in [0, 0.1) is 5.41 Å². The van der Waals surface area contributed by atoms with Crippen molar-refractivity contribution in [3.05, 3.63) is 36.2 Å². The van der Waals surface area contributed by atoms with E-state index in [9.17, 15) is 4.79 Å². The standard InChI is InChI=1S/C16H20N4O/c1-16(6-8-17-9-7-16)11-19-15(21)14-10-18-12-4-2-3-5-13(12)20-14/h2-5,10,17H,6-9,11H2,1H3,(H,19,21). The highest BCUT2D eigenvalue weighted by atomic mass is 16.1. The minimum atomic E-state index is -0.145. The first-order valence-electron chi connectivity index (χ1n) is 7.37. The minimum Gasteiger partial charge on any atom is -0.350 e. The summed E-state index contributed by atoms with van der Waals surface area (Å²) in [5, 5.41) is 6.35. The molecule has 0 bridgehead atoms. The van der Waals surface area contributed by atoms with Gasteiger partial charge in [0.15, 0.2) is 0 Å². The Labute approximate surface area is 124 Å². The number of nitrogens with one attached hydrogen (secondary N) is 2. The summed E-state index contributed by atoms with van der Waals surface area (Å²) in [5.41, 5.74) is 2.11. The second-order valence-corrected chi connectivity index (χ2v) is 5.99. The third kappa shape index (κ3) is 3.19. The maximum atomic E-state index is 12.2. The summed E-state index contributed by atoms with van der Waals surface area (Å²) in [7, 11) is 0. The number of piperidine rings is 1. The van der Waals surface area contributed by atoms with E-state index in [1.807, 2.05) is 24.3 Å². The van der Waals surface area contributed by atoms with Gasteiger partial charge in [-0.3, -0.25) is 9.78 Å². The lowest BCUT2D eigenvalue weighted by molar-refractivity contribution is 0.0917. The summed E-state index contributed by atoms with van der Waals surface area (Å²) < 4.78 is 0. The molecule has 5 heteroatoms. The van der Waals surface area contributed by atoms with Crippen LogP contribution >= 0.6 is 0 Å².